The molecule has 0 unspecified atom stereocenters. The van der Waals surface area contributed by atoms with Crippen LogP contribution < -0.4 is 21.9 Å². The van der Waals surface area contributed by atoms with Crippen molar-refractivity contribution in [3.63, 3.8) is 0 Å². The van der Waals surface area contributed by atoms with Gasteiger partial charge in [-0.2, -0.15) is 0 Å². The first-order chi connectivity index (χ1) is 16.0. The van der Waals surface area contributed by atoms with E-state index in [1.54, 1.807) is 4.90 Å². The summed E-state index contributed by atoms with van der Waals surface area (Å²) < 4.78 is 1.26. The number of carbonyl (C=O) groups is 1. The van der Waals surface area contributed by atoms with Gasteiger partial charge in [0, 0.05) is 19.6 Å². The highest BCUT2D eigenvalue weighted by atomic mass is 16.3. The van der Waals surface area contributed by atoms with Gasteiger partial charge in [-0.05, 0) is 23.1 Å². The lowest BCUT2D eigenvalue weighted by atomic mass is 10.00. The van der Waals surface area contributed by atoms with E-state index in [4.69, 9.17) is 5.73 Å². The molecule has 0 radical (unpaired) electrons. The molecule has 172 valence electrons. The second kappa shape index (κ2) is 9.74. The first-order valence-corrected chi connectivity index (χ1v) is 10.8. The third kappa shape index (κ3) is 4.83. The summed E-state index contributed by atoms with van der Waals surface area (Å²) in [6.07, 6.45) is 0.757. The van der Waals surface area contributed by atoms with Crippen LogP contribution in [0.2, 0.25) is 0 Å². The fraction of sp³-hybridized carbons (Fsp3) is 0.292. The van der Waals surface area contributed by atoms with E-state index in [9.17, 15) is 19.5 Å². The summed E-state index contributed by atoms with van der Waals surface area (Å²) in [5.74, 6) is -0.226. The number of H-pyrrole nitrogens is 1. The van der Waals surface area contributed by atoms with E-state index >= 15 is 0 Å². The molecule has 0 aliphatic carbocycles. The Morgan fingerprint density at radius 1 is 1.06 bits per heavy atom. The van der Waals surface area contributed by atoms with Crippen LogP contribution in [0.5, 0.6) is 0 Å². The fourth-order valence-corrected chi connectivity index (χ4v) is 4.17. The number of aromatic nitrogens is 2. The molecule has 0 atom stereocenters. The second-order valence-electron chi connectivity index (χ2n) is 8.04. The van der Waals surface area contributed by atoms with Crippen LogP contribution in [0, 0.1) is 0 Å². The molecule has 0 fully saturated rings. The number of hydrogen-bond donors (Lipinski definition) is 3. The molecule has 0 saturated heterocycles. The Bertz CT molecular complexity index is 1250. The van der Waals surface area contributed by atoms with Crippen molar-refractivity contribution in [3.8, 4) is 0 Å². The Balaban J connectivity index is 1.61. The molecule has 0 spiro atoms. The minimum absolute atomic E-state index is 0.00495. The Hall–Kier alpha value is -3.85. The van der Waals surface area contributed by atoms with Crippen molar-refractivity contribution in [1.82, 2.24) is 14.5 Å². The average molecular weight is 450 g/mol. The normalized spacial score (nSPS) is 12.9. The zero-order valence-electron chi connectivity index (χ0n) is 18.2. The molecule has 3 aromatic rings. The zero-order valence-corrected chi connectivity index (χ0v) is 18.2. The molecule has 0 bridgehead atoms. The molecule has 9 nitrogen and oxygen atoms in total. The van der Waals surface area contributed by atoms with Gasteiger partial charge in [0.15, 0.2) is 0 Å². The predicted octanol–water partition coefficient (Wildman–Crippen LogP) is 0.551. The highest BCUT2D eigenvalue weighted by molar-refractivity contribution is 5.83. The highest BCUT2D eigenvalue weighted by Crippen LogP contribution is 2.21. The number of benzene rings is 2. The van der Waals surface area contributed by atoms with Crippen LogP contribution in [0.3, 0.4) is 0 Å². The maximum absolute atomic E-state index is 13.1. The van der Waals surface area contributed by atoms with E-state index in [0.717, 1.165) is 17.5 Å². The summed E-state index contributed by atoms with van der Waals surface area (Å²) in [5.41, 5.74) is 8.12. The Labute approximate surface area is 190 Å². The van der Waals surface area contributed by atoms with Gasteiger partial charge in [-0.3, -0.25) is 19.1 Å². The van der Waals surface area contributed by atoms with Crippen LogP contribution in [0.4, 0.5) is 11.5 Å². The van der Waals surface area contributed by atoms with Crippen LogP contribution in [-0.4, -0.2) is 51.7 Å². The van der Waals surface area contributed by atoms with E-state index in [1.807, 2.05) is 48.5 Å². The minimum atomic E-state index is -0.688. The number of carbonyl (C=O) groups excluding carboxylic acids is 1. The van der Waals surface area contributed by atoms with E-state index in [0.29, 0.717) is 13.1 Å². The van der Waals surface area contributed by atoms with Crippen LogP contribution >= 0.6 is 0 Å². The summed E-state index contributed by atoms with van der Waals surface area (Å²) >= 11 is 0. The number of aromatic amines is 1. The summed E-state index contributed by atoms with van der Waals surface area (Å²) in [6, 6.07) is 17.2. The number of aliphatic hydroxyl groups is 1. The summed E-state index contributed by atoms with van der Waals surface area (Å²) in [6.45, 7) is 0.821. The molecule has 2 heterocycles. The topological polar surface area (TPSA) is 125 Å². The van der Waals surface area contributed by atoms with Gasteiger partial charge in [-0.15, -0.1) is 0 Å². The number of rotatable bonds is 7. The van der Waals surface area contributed by atoms with Gasteiger partial charge < -0.3 is 20.6 Å². The average Bonchev–Trinajstić information content (AvgIpc) is 2.82. The van der Waals surface area contributed by atoms with E-state index in [1.165, 1.54) is 15.0 Å². The van der Waals surface area contributed by atoms with Crippen molar-refractivity contribution in [2.24, 2.45) is 0 Å². The van der Waals surface area contributed by atoms with Crippen LogP contribution in [0.15, 0.2) is 64.2 Å². The molecule has 4 rings (SSSR count). The van der Waals surface area contributed by atoms with Crippen molar-refractivity contribution in [2.45, 2.75) is 19.5 Å². The molecular weight excluding hydrogens is 422 g/mol. The van der Waals surface area contributed by atoms with Gasteiger partial charge in [0.25, 0.3) is 5.56 Å². The third-order valence-electron chi connectivity index (χ3n) is 5.89. The number of amides is 1. The van der Waals surface area contributed by atoms with Gasteiger partial charge in [-0.1, -0.05) is 54.6 Å². The maximum atomic E-state index is 13.1. The minimum Gasteiger partial charge on any atom is -0.395 e. The van der Waals surface area contributed by atoms with Gasteiger partial charge >= 0.3 is 5.69 Å². The molecule has 4 N–H and O–H groups in total. The standard InChI is InChI=1S/C24H27N5O4/c25-22-21(23(32)26-24(33)29(22)14-17-6-2-1-3-7-17)28(12-13-30)16-20(31)27-11-10-18-8-4-5-9-19(18)15-27/h1-9,30H,10-16,25H2,(H,26,32,33). The molecule has 1 aliphatic rings. The number of hydrogen-bond acceptors (Lipinski definition) is 6. The van der Waals surface area contributed by atoms with Crippen molar-refractivity contribution in [2.75, 3.05) is 36.9 Å². The van der Waals surface area contributed by atoms with Crippen molar-refractivity contribution >= 4 is 17.4 Å². The third-order valence-corrected chi connectivity index (χ3v) is 5.89. The molecule has 9 heteroatoms. The number of nitrogen functional groups attached to an aromatic ring is 1. The Kier molecular flexibility index (Phi) is 6.60. The monoisotopic (exact) mass is 449 g/mol. The Morgan fingerprint density at radius 2 is 1.76 bits per heavy atom. The van der Waals surface area contributed by atoms with Crippen LogP contribution in [0.1, 0.15) is 16.7 Å². The Morgan fingerprint density at radius 3 is 2.48 bits per heavy atom. The van der Waals surface area contributed by atoms with Gasteiger partial charge in [0.1, 0.15) is 11.5 Å². The van der Waals surface area contributed by atoms with E-state index in [-0.39, 0.29) is 43.7 Å². The first-order valence-electron chi connectivity index (χ1n) is 10.8. The quantitative estimate of drug-likeness (QED) is 0.484. The van der Waals surface area contributed by atoms with Gasteiger partial charge in [0.05, 0.1) is 19.7 Å². The molecule has 0 saturated carbocycles. The number of nitrogens with zero attached hydrogens (tertiary/aromatic N) is 3. The van der Waals surface area contributed by atoms with Crippen LogP contribution in [-0.2, 0) is 24.3 Å². The molecule has 1 aliphatic heterocycles. The van der Waals surface area contributed by atoms with Crippen LogP contribution in [0.25, 0.3) is 0 Å². The van der Waals surface area contributed by atoms with E-state index < -0.39 is 11.2 Å². The number of aliphatic hydroxyl groups excluding tert-OH is 1. The predicted molar refractivity (Wildman–Crippen MR) is 126 cm³/mol. The van der Waals surface area contributed by atoms with E-state index in [2.05, 4.69) is 11.1 Å². The van der Waals surface area contributed by atoms with Crippen molar-refractivity contribution in [3.05, 3.63) is 92.1 Å². The fourth-order valence-electron chi connectivity index (χ4n) is 4.17. The SMILES string of the molecule is Nc1c(N(CCO)CC(=O)N2CCc3ccccc3C2)c(=O)[nH]c(=O)n1Cc1ccccc1. The lowest BCUT2D eigenvalue weighted by molar-refractivity contribution is -0.130. The lowest BCUT2D eigenvalue weighted by Crippen LogP contribution is -2.46. The molecule has 1 amide bonds. The van der Waals surface area contributed by atoms with Gasteiger partial charge in [0.2, 0.25) is 5.91 Å². The number of nitrogens with two attached hydrogens (primary N) is 1. The lowest BCUT2D eigenvalue weighted by Gasteiger charge is -2.32. The number of anilines is 2. The zero-order chi connectivity index (χ0) is 23.4. The smallest absolute Gasteiger partial charge is 0.330 e. The molecule has 33 heavy (non-hydrogen) atoms. The van der Waals surface area contributed by atoms with Crippen molar-refractivity contribution < 1.29 is 9.90 Å². The largest absolute Gasteiger partial charge is 0.395 e. The molecule has 1 aromatic heterocycles. The summed E-state index contributed by atoms with van der Waals surface area (Å²) in [7, 11) is 0. The highest BCUT2D eigenvalue weighted by Gasteiger charge is 2.25. The molecule has 2 aromatic carbocycles. The first kappa shape index (κ1) is 22.3. The summed E-state index contributed by atoms with van der Waals surface area (Å²) in [5, 5.41) is 9.60. The number of fused-ring (bicyclic) bond motifs is 1. The van der Waals surface area contributed by atoms with Gasteiger partial charge in [-0.25, -0.2) is 4.79 Å². The molecular formula is C24H27N5O4. The summed E-state index contributed by atoms with van der Waals surface area (Å²) in [4.78, 5) is 43.8. The number of nitrogens with one attached hydrogen (secondary N) is 1. The second-order valence-corrected chi connectivity index (χ2v) is 8.04. The maximum Gasteiger partial charge on any atom is 0.330 e. The van der Waals surface area contributed by atoms with Crippen molar-refractivity contribution in [1.29, 1.82) is 0 Å².